The first kappa shape index (κ1) is 13.6. The highest BCUT2D eigenvalue weighted by Gasteiger charge is 2.15. The topological polar surface area (TPSA) is 33.3 Å². The summed E-state index contributed by atoms with van der Waals surface area (Å²) in [6, 6.07) is 7.74. The van der Waals surface area contributed by atoms with Crippen molar-refractivity contribution >= 4 is 28.9 Å². The van der Waals surface area contributed by atoms with Crippen LogP contribution >= 0.6 is 23.8 Å². The van der Waals surface area contributed by atoms with Crippen LogP contribution < -0.4 is 10.6 Å². The SMILES string of the molecule is S=C(NCc1ccccc1Cl)NCC1CCCO1. The Morgan fingerprint density at radius 2 is 2.22 bits per heavy atom. The van der Waals surface area contributed by atoms with E-state index in [0.29, 0.717) is 17.8 Å². The second kappa shape index (κ2) is 6.92. The molecule has 1 saturated heterocycles. The van der Waals surface area contributed by atoms with Crippen LogP contribution in [0, 0.1) is 0 Å². The molecule has 0 radical (unpaired) electrons. The third-order valence-electron chi connectivity index (χ3n) is 2.91. The number of hydrogen-bond acceptors (Lipinski definition) is 2. The number of rotatable bonds is 4. The molecule has 1 atom stereocenters. The molecule has 1 aliphatic heterocycles. The maximum absolute atomic E-state index is 6.06. The summed E-state index contributed by atoms with van der Waals surface area (Å²) in [4.78, 5) is 0. The third-order valence-corrected chi connectivity index (χ3v) is 3.57. The minimum Gasteiger partial charge on any atom is -0.376 e. The van der Waals surface area contributed by atoms with Crippen molar-refractivity contribution in [1.82, 2.24) is 10.6 Å². The summed E-state index contributed by atoms with van der Waals surface area (Å²) in [7, 11) is 0. The summed E-state index contributed by atoms with van der Waals surface area (Å²) in [6.07, 6.45) is 2.55. The van der Waals surface area contributed by atoms with Gasteiger partial charge in [-0.3, -0.25) is 0 Å². The summed E-state index contributed by atoms with van der Waals surface area (Å²) in [5, 5.41) is 7.71. The van der Waals surface area contributed by atoms with Gasteiger partial charge in [0, 0.05) is 24.7 Å². The standard InChI is InChI=1S/C13H17ClN2OS/c14-12-6-2-1-4-10(12)8-15-13(18)16-9-11-5-3-7-17-11/h1-2,4,6,11H,3,5,7-9H2,(H2,15,16,18). The lowest BCUT2D eigenvalue weighted by atomic mass is 10.2. The molecule has 0 amide bonds. The molecule has 1 fully saturated rings. The van der Waals surface area contributed by atoms with Gasteiger partial charge in [-0.2, -0.15) is 0 Å². The Balaban J connectivity index is 1.69. The molecule has 98 valence electrons. The van der Waals surface area contributed by atoms with Crippen LogP contribution in [0.3, 0.4) is 0 Å². The van der Waals surface area contributed by atoms with E-state index < -0.39 is 0 Å². The Bertz CT molecular complexity index is 408. The Morgan fingerprint density at radius 3 is 2.94 bits per heavy atom. The monoisotopic (exact) mass is 284 g/mol. The number of ether oxygens (including phenoxy) is 1. The van der Waals surface area contributed by atoms with E-state index in [1.807, 2.05) is 24.3 Å². The first-order chi connectivity index (χ1) is 8.75. The molecule has 0 aliphatic carbocycles. The smallest absolute Gasteiger partial charge is 0.166 e. The number of benzene rings is 1. The molecule has 3 nitrogen and oxygen atoms in total. The summed E-state index contributed by atoms with van der Waals surface area (Å²) in [5.41, 5.74) is 1.04. The quantitative estimate of drug-likeness (QED) is 0.833. The zero-order valence-corrected chi connectivity index (χ0v) is 11.7. The number of thiocarbonyl (C=S) groups is 1. The Morgan fingerprint density at radius 1 is 1.39 bits per heavy atom. The number of hydrogen-bond donors (Lipinski definition) is 2. The zero-order valence-electron chi connectivity index (χ0n) is 10.1. The highest BCUT2D eigenvalue weighted by Crippen LogP contribution is 2.14. The molecule has 0 saturated carbocycles. The van der Waals surface area contributed by atoms with Crippen LogP contribution in [0.25, 0.3) is 0 Å². The average Bonchev–Trinajstić information content (AvgIpc) is 2.88. The van der Waals surface area contributed by atoms with Crippen LogP contribution in [0.15, 0.2) is 24.3 Å². The second-order valence-corrected chi connectivity index (χ2v) is 5.11. The molecular formula is C13H17ClN2OS. The lowest BCUT2D eigenvalue weighted by Crippen LogP contribution is -2.39. The average molecular weight is 285 g/mol. The zero-order chi connectivity index (χ0) is 12.8. The molecule has 1 aromatic carbocycles. The fourth-order valence-electron chi connectivity index (χ4n) is 1.89. The van der Waals surface area contributed by atoms with Crippen LogP contribution in [0.4, 0.5) is 0 Å². The van der Waals surface area contributed by atoms with Gasteiger partial charge in [-0.25, -0.2) is 0 Å². The van der Waals surface area contributed by atoms with E-state index in [1.54, 1.807) is 0 Å². The van der Waals surface area contributed by atoms with Crippen molar-refractivity contribution < 1.29 is 4.74 Å². The van der Waals surface area contributed by atoms with E-state index in [1.165, 1.54) is 0 Å². The largest absolute Gasteiger partial charge is 0.376 e. The normalized spacial score (nSPS) is 18.6. The maximum atomic E-state index is 6.06. The van der Waals surface area contributed by atoms with Crippen LogP contribution in [0.1, 0.15) is 18.4 Å². The first-order valence-electron chi connectivity index (χ1n) is 6.12. The fourth-order valence-corrected chi connectivity index (χ4v) is 2.25. The Hall–Kier alpha value is -0.840. The van der Waals surface area contributed by atoms with E-state index in [9.17, 15) is 0 Å². The number of nitrogens with one attached hydrogen (secondary N) is 2. The molecule has 0 spiro atoms. The summed E-state index contributed by atoms with van der Waals surface area (Å²) < 4.78 is 5.51. The molecule has 0 aromatic heterocycles. The van der Waals surface area contributed by atoms with Crippen molar-refractivity contribution in [2.24, 2.45) is 0 Å². The van der Waals surface area contributed by atoms with E-state index >= 15 is 0 Å². The van der Waals surface area contributed by atoms with Gasteiger partial charge in [-0.1, -0.05) is 29.8 Å². The third kappa shape index (κ3) is 4.12. The second-order valence-electron chi connectivity index (χ2n) is 4.29. The van der Waals surface area contributed by atoms with E-state index in [-0.39, 0.29) is 0 Å². The van der Waals surface area contributed by atoms with Gasteiger partial charge < -0.3 is 15.4 Å². The summed E-state index contributed by atoms with van der Waals surface area (Å²) >= 11 is 11.3. The maximum Gasteiger partial charge on any atom is 0.166 e. The van der Waals surface area contributed by atoms with Crippen molar-refractivity contribution in [2.45, 2.75) is 25.5 Å². The fraction of sp³-hybridized carbons (Fsp3) is 0.462. The highest BCUT2D eigenvalue weighted by atomic mass is 35.5. The first-order valence-corrected chi connectivity index (χ1v) is 6.91. The van der Waals surface area contributed by atoms with Gasteiger partial charge in [0.2, 0.25) is 0 Å². The van der Waals surface area contributed by atoms with Crippen molar-refractivity contribution in [3.05, 3.63) is 34.9 Å². The van der Waals surface area contributed by atoms with Gasteiger partial charge >= 0.3 is 0 Å². The van der Waals surface area contributed by atoms with Gasteiger partial charge in [0.05, 0.1) is 6.10 Å². The van der Waals surface area contributed by atoms with Gasteiger partial charge in [-0.05, 0) is 36.7 Å². The predicted molar refractivity (Wildman–Crippen MR) is 77.9 cm³/mol. The van der Waals surface area contributed by atoms with E-state index in [2.05, 4.69) is 10.6 Å². The lowest BCUT2D eigenvalue weighted by Gasteiger charge is -2.14. The lowest BCUT2D eigenvalue weighted by molar-refractivity contribution is 0.114. The molecule has 2 N–H and O–H groups in total. The van der Waals surface area contributed by atoms with Crippen molar-refractivity contribution in [3.8, 4) is 0 Å². The van der Waals surface area contributed by atoms with Crippen molar-refractivity contribution in [2.75, 3.05) is 13.2 Å². The minimum absolute atomic E-state index is 0.296. The molecule has 1 unspecified atom stereocenters. The highest BCUT2D eigenvalue weighted by molar-refractivity contribution is 7.80. The van der Waals surface area contributed by atoms with Crippen LogP contribution in [0.5, 0.6) is 0 Å². The van der Waals surface area contributed by atoms with Gasteiger partial charge in [-0.15, -0.1) is 0 Å². The van der Waals surface area contributed by atoms with Gasteiger partial charge in [0.25, 0.3) is 0 Å². The molecule has 0 bridgehead atoms. The van der Waals surface area contributed by atoms with Gasteiger partial charge in [0.15, 0.2) is 5.11 Å². The Labute approximate surface area is 118 Å². The molecule has 5 heteroatoms. The van der Waals surface area contributed by atoms with E-state index in [4.69, 9.17) is 28.6 Å². The van der Waals surface area contributed by atoms with Crippen LogP contribution in [0.2, 0.25) is 5.02 Å². The van der Waals surface area contributed by atoms with Crippen LogP contribution in [-0.4, -0.2) is 24.4 Å². The molecule has 1 aliphatic rings. The number of halogens is 1. The Kier molecular flexibility index (Phi) is 5.23. The summed E-state index contributed by atoms with van der Waals surface area (Å²) in [5.74, 6) is 0. The molecule has 18 heavy (non-hydrogen) atoms. The molecular weight excluding hydrogens is 268 g/mol. The minimum atomic E-state index is 0.296. The predicted octanol–water partition coefficient (Wildman–Crippen LogP) is 2.48. The molecule has 2 rings (SSSR count). The van der Waals surface area contributed by atoms with Crippen molar-refractivity contribution in [1.29, 1.82) is 0 Å². The van der Waals surface area contributed by atoms with Gasteiger partial charge in [0.1, 0.15) is 0 Å². The molecule has 1 heterocycles. The van der Waals surface area contributed by atoms with E-state index in [0.717, 1.165) is 36.6 Å². The van der Waals surface area contributed by atoms with Crippen molar-refractivity contribution in [3.63, 3.8) is 0 Å². The van der Waals surface area contributed by atoms with Crippen LogP contribution in [-0.2, 0) is 11.3 Å². The molecule has 1 aromatic rings. The summed E-state index contributed by atoms with van der Waals surface area (Å²) in [6.45, 7) is 2.28.